The summed E-state index contributed by atoms with van der Waals surface area (Å²) in [4.78, 5) is 37.9. The second-order valence-corrected chi connectivity index (χ2v) is 5.83. The molecule has 134 valence electrons. The molecule has 0 atom stereocenters. The van der Waals surface area contributed by atoms with Crippen LogP contribution in [0.1, 0.15) is 15.9 Å². The first-order chi connectivity index (χ1) is 12.5. The number of aryl methyl sites for hydroxylation is 1. The Kier molecular flexibility index (Phi) is 4.88. The van der Waals surface area contributed by atoms with E-state index in [2.05, 4.69) is 5.32 Å². The van der Waals surface area contributed by atoms with Crippen LogP contribution in [0.3, 0.4) is 0 Å². The Balaban J connectivity index is 1.73. The van der Waals surface area contributed by atoms with Gasteiger partial charge in [-0.2, -0.15) is 0 Å². The molecule has 0 aliphatic carbocycles. The lowest BCUT2D eigenvalue weighted by Gasteiger charge is -2.28. The van der Waals surface area contributed by atoms with Gasteiger partial charge >= 0.3 is 5.97 Å². The van der Waals surface area contributed by atoms with Gasteiger partial charge in [0.25, 0.3) is 5.91 Å². The van der Waals surface area contributed by atoms with Crippen molar-refractivity contribution in [2.45, 2.75) is 6.92 Å². The highest BCUT2D eigenvalue weighted by Crippen LogP contribution is 2.29. The van der Waals surface area contributed by atoms with Gasteiger partial charge < -0.3 is 14.8 Å². The van der Waals surface area contributed by atoms with Gasteiger partial charge in [-0.25, -0.2) is 4.79 Å². The summed E-state index contributed by atoms with van der Waals surface area (Å²) in [5.74, 6) is -1.07. The Hall–Kier alpha value is -3.35. The fourth-order valence-electron chi connectivity index (χ4n) is 2.72. The second-order valence-electron chi connectivity index (χ2n) is 5.83. The predicted molar refractivity (Wildman–Crippen MR) is 95.4 cm³/mol. The van der Waals surface area contributed by atoms with Gasteiger partial charge in [0.05, 0.1) is 18.5 Å². The summed E-state index contributed by atoms with van der Waals surface area (Å²) in [5.41, 5.74) is 2.23. The van der Waals surface area contributed by atoms with Crippen LogP contribution in [0.15, 0.2) is 42.5 Å². The molecule has 2 aromatic carbocycles. The Morgan fingerprint density at radius 1 is 1.19 bits per heavy atom. The minimum absolute atomic E-state index is 0.124. The van der Waals surface area contributed by atoms with Crippen molar-refractivity contribution in [3.05, 3.63) is 53.6 Å². The summed E-state index contributed by atoms with van der Waals surface area (Å²) >= 11 is 0. The average Bonchev–Trinajstić information content (AvgIpc) is 2.65. The van der Waals surface area contributed by atoms with E-state index in [9.17, 15) is 14.4 Å². The summed E-state index contributed by atoms with van der Waals surface area (Å²) in [5, 5.41) is 2.70. The summed E-state index contributed by atoms with van der Waals surface area (Å²) in [6, 6.07) is 12.1. The first-order valence-corrected chi connectivity index (χ1v) is 8.00. The normalized spacial score (nSPS) is 12.8. The number of nitrogens with one attached hydrogen (secondary N) is 1. The van der Waals surface area contributed by atoms with Crippen molar-refractivity contribution in [2.75, 3.05) is 30.5 Å². The molecule has 0 saturated heterocycles. The van der Waals surface area contributed by atoms with Crippen molar-refractivity contribution in [2.24, 2.45) is 0 Å². The molecule has 1 aliphatic rings. The number of esters is 1. The van der Waals surface area contributed by atoms with Crippen LogP contribution in [0.25, 0.3) is 0 Å². The monoisotopic (exact) mass is 354 g/mol. The third kappa shape index (κ3) is 3.51. The average molecular weight is 354 g/mol. The Labute approximate surface area is 150 Å². The molecule has 0 aromatic heterocycles. The van der Waals surface area contributed by atoms with Crippen molar-refractivity contribution in [1.82, 2.24) is 0 Å². The molecule has 0 saturated carbocycles. The standard InChI is InChI=1S/C19H18N2O5/c1-12-7-8-16(25-2)13(9-12)19(24)26-11-18(23)21-10-17(22)20-14-5-3-4-6-15(14)21/h3-9H,10-11H2,1-2H3,(H,20,22). The van der Waals surface area contributed by atoms with Crippen molar-refractivity contribution >= 4 is 29.2 Å². The van der Waals surface area contributed by atoms with E-state index in [0.717, 1.165) is 5.56 Å². The molecule has 1 N–H and O–H groups in total. The smallest absolute Gasteiger partial charge is 0.342 e. The number of hydrogen-bond donors (Lipinski definition) is 1. The van der Waals surface area contributed by atoms with Crippen LogP contribution in [0, 0.1) is 6.92 Å². The molecule has 0 unspecified atom stereocenters. The maximum atomic E-state index is 12.5. The summed E-state index contributed by atoms with van der Waals surface area (Å²) in [6.07, 6.45) is 0. The summed E-state index contributed by atoms with van der Waals surface area (Å²) in [7, 11) is 1.45. The number of ether oxygens (including phenoxy) is 2. The first-order valence-electron chi connectivity index (χ1n) is 8.00. The molecular formula is C19H18N2O5. The predicted octanol–water partition coefficient (Wildman–Crippen LogP) is 2.15. The van der Waals surface area contributed by atoms with E-state index in [0.29, 0.717) is 17.1 Å². The Morgan fingerprint density at radius 3 is 2.73 bits per heavy atom. The van der Waals surface area contributed by atoms with Gasteiger partial charge in [0.15, 0.2) is 6.61 Å². The van der Waals surface area contributed by atoms with Crippen LogP contribution in [0.2, 0.25) is 0 Å². The first kappa shape index (κ1) is 17.5. The highest BCUT2D eigenvalue weighted by Gasteiger charge is 2.27. The number of para-hydroxylation sites is 2. The number of carbonyl (C=O) groups is 3. The number of methoxy groups -OCH3 is 1. The number of carbonyl (C=O) groups excluding carboxylic acids is 3. The zero-order valence-corrected chi connectivity index (χ0v) is 14.4. The number of nitrogens with zero attached hydrogens (tertiary/aromatic N) is 1. The van der Waals surface area contributed by atoms with Crippen molar-refractivity contribution in [3.63, 3.8) is 0 Å². The van der Waals surface area contributed by atoms with Crippen LogP contribution in [0.5, 0.6) is 5.75 Å². The molecule has 1 aliphatic heterocycles. The van der Waals surface area contributed by atoms with E-state index in [-0.39, 0.29) is 18.0 Å². The number of benzene rings is 2. The van der Waals surface area contributed by atoms with Gasteiger partial charge in [-0.05, 0) is 31.2 Å². The van der Waals surface area contributed by atoms with Crippen LogP contribution >= 0.6 is 0 Å². The fourth-order valence-corrected chi connectivity index (χ4v) is 2.72. The maximum absolute atomic E-state index is 12.5. The molecule has 26 heavy (non-hydrogen) atoms. The van der Waals surface area contributed by atoms with E-state index < -0.39 is 18.5 Å². The van der Waals surface area contributed by atoms with Gasteiger partial charge in [-0.1, -0.05) is 23.8 Å². The molecular weight excluding hydrogens is 336 g/mol. The lowest BCUT2D eigenvalue weighted by molar-refractivity contribution is -0.124. The minimum Gasteiger partial charge on any atom is -0.496 e. The molecule has 3 rings (SSSR count). The fraction of sp³-hybridized carbons (Fsp3) is 0.211. The second kappa shape index (κ2) is 7.26. The number of fused-ring (bicyclic) bond motifs is 1. The van der Waals surface area contributed by atoms with Crippen molar-refractivity contribution in [1.29, 1.82) is 0 Å². The molecule has 0 fully saturated rings. The third-order valence-electron chi connectivity index (χ3n) is 3.97. The molecule has 2 aromatic rings. The van der Waals surface area contributed by atoms with E-state index in [4.69, 9.17) is 9.47 Å². The van der Waals surface area contributed by atoms with Crippen LogP contribution < -0.4 is 15.0 Å². The summed E-state index contributed by atoms with van der Waals surface area (Å²) in [6.45, 7) is 1.24. The number of anilines is 2. The van der Waals surface area contributed by atoms with Crippen LogP contribution in [-0.2, 0) is 14.3 Å². The SMILES string of the molecule is COc1ccc(C)cc1C(=O)OCC(=O)N1CC(=O)Nc2ccccc21. The van der Waals surface area contributed by atoms with E-state index >= 15 is 0 Å². The Morgan fingerprint density at radius 2 is 1.96 bits per heavy atom. The number of rotatable bonds is 4. The number of hydrogen-bond acceptors (Lipinski definition) is 5. The topological polar surface area (TPSA) is 84.9 Å². The van der Waals surface area contributed by atoms with Crippen molar-refractivity contribution in [3.8, 4) is 5.75 Å². The molecule has 7 heteroatoms. The maximum Gasteiger partial charge on any atom is 0.342 e. The van der Waals surface area contributed by atoms with E-state index in [1.165, 1.54) is 12.0 Å². The van der Waals surface area contributed by atoms with Gasteiger partial charge in [-0.15, -0.1) is 0 Å². The zero-order valence-electron chi connectivity index (χ0n) is 14.4. The van der Waals surface area contributed by atoms with E-state index in [1.807, 2.05) is 13.0 Å². The largest absolute Gasteiger partial charge is 0.496 e. The molecule has 0 spiro atoms. The van der Waals surface area contributed by atoms with Crippen LogP contribution in [0.4, 0.5) is 11.4 Å². The highest BCUT2D eigenvalue weighted by molar-refractivity contribution is 6.10. The third-order valence-corrected chi connectivity index (χ3v) is 3.97. The number of amides is 2. The lowest BCUT2D eigenvalue weighted by atomic mass is 10.1. The minimum atomic E-state index is -0.659. The zero-order chi connectivity index (χ0) is 18.7. The quantitative estimate of drug-likeness (QED) is 0.851. The van der Waals surface area contributed by atoms with Gasteiger partial charge in [-0.3, -0.25) is 14.5 Å². The molecule has 0 radical (unpaired) electrons. The molecule has 1 heterocycles. The van der Waals surface area contributed by atoms with E-state index in [1.54, 1.807) is 36.4 Å². The van der Waals surface area contributed by atoms with Gasteiger partial charge in [0.1, 0.15) is 17.9 Å². The Bertz CT molecular complexity index is 878. The van der Waals surface area contributed by atoms with Crippen LogP contribution in [-0.4, -0.2) is 38.0 Å². The van der Waals surface area contributed by atoms with Gasteiger partial charge in [0.2, 0.25) is 5.91 Å². The molecule has 0 bridgehead atoms. The van der Waals surface area contributed by atoms with Gasteiger partial charge in [0, 0.05) is 0 Å². The van der Waals surface area contributed by atoms with Crippen molar-refractivity contribution < 1.29 is 23.9 Å². The molecule has 7 nitrogen and oxygen atoms in total. The molecule has 2 amide bonds. The lowest BCUT2D eigenvalue weighted by Crippen LogP contribution is -2.44. The summed E-state index contributed by atoms with van der Waals surface area (Å²) < 4.78 is 10.3. The highest BCUT2D eigenvalue weighted by atomic mass is 16.5.